The molecule has 0 spiro atoms. The maximum atomic E-state index is 13.0. The van der Waals surface area contributed by atoms with Gasteiger partial charge < -0.3 is 9.47 Å². The molecule has 0 radical (unpaired) electrons. The number of esters is 1. The molecule has 30 heavy (non-hydrogen) atoms. The van der Waals surface area contributed by atoms with Gasteiger partial charge >= 0.3 is 5.97 Å². The molecule has 0 aliphatic carbocycles. The molecule has 8 heteroatoms. The summed E-state index contributed by atoms with van der Waals surface area (Å²) in [4.78, 5) is 25.0. The summed E-state index contributed by atoms with van der Waals surface area (Å²) in [6.45, 7) is 2.17. The van der Waals surface area contributed by atoms with Crippen molar-refractivity contribution in [3.8, 4) is 5.75 Å². The highest BCUT2D eigenvalue weighted by Gasteiger charge is 2.28. The third-order valence-corrected chi connectivity index (χ3v) is 7.14. The standard InChI is InChI=1S/C22H25NO6S/c1-16-10-11-17(14-21(16)30(26,27)23-12-6-3-7-13-23)22(25)29-15-19(24)18-8-4-5-9-20(18)28-2/h4-5,8-11,14H,3,6-7,12-13,15H2,1-2H3. The number of nitrogens with zero attached hydrogens (tertiary/aromatic N) is 1. The van der Waals surface area contributed by atoms with E-state index in [1.54, 1.807) is 37.3 Å². The molecule has 1 aliphatic heterocycles. The largest absolute Gasteiger partial charge is 0.496 e. The van der Waals surface area contributed by atoms with Crippen LogP contribution in [0.25, 0.3) is 0 Å². The molecule has 0 amide bonds. The van der Waals surface area contributed by atoms with E-state index in [1.165, 1.54) is 23.5 Å². The summed E-state index contributed by atoms with van der Waals surface area (Å²) in [6.07, 6.45) is 2.66. The van der Waals surface area contributed by atoms with Gasteiger partial charge in [-0.3, -0.25) is 4.79 Å². The highest BCUT2D eigenvalue weighted by atomic mass is 32.2. The van der Waals surface area contributed by atoms with E-state index in [0.29, 0.717) is 30.0 Å². The van der Waals surface area contributed by atoms with E-state index >= 15 is 0 Å². The number of sulfonamides is 1. The topological polar surface area (TPSA) is 90.0 Å². The lowest BCUT2D eigenvalue weighted by Crippen LogP contribution is -2.36. The number of methoxy groups -OCH3 is 1. The molecule has 0 N–H and O–H groups in total. The smallest absolute Gasteiger partial charge is 0.338 e. The Labute approximate surface area is 176 Å². The van der Waals surface area contributed by atoms with Crippen LogP contribution in [0.15, 0.2) is 47.4 Å². The summed E-state index contributed by atoms with van der Waals surface area (Å²) < 4.78 is 37.8. The number of carbonyl (C=O) groups excluding carboxylic acids is 2. The van der Waals surface area contributed by atoms with Crippen molar-refractivity contribution in [3.05, 3.63) is 59.2 Å². The highest BCUT2D eigenvalue weighted by Crippen LogP contribution is 2.25. The summed E-state index contributed by atoms with van der Waals surface area (Å²) in [6, 6.07) is 11.1. The van der Waals surface area contributed by atoms with Crippen LogP contribution in [0.2, 0.25) is 0 Å². The van der Waals surface area contributed by atoms with Crippen molar-refractivity contribution in [1.29, 1.82) is 0 Å². The van der Waals surface area contributed by atoms with Crippen LogP contribution in [-0.4, -0.2) is 51.3 Å². The molecule has 0 atom stereocenters. The van der Waals surface area contributed by atoms with E-state index in [1.807, 2.05) is 0 Å². The maximum absolute atomic E-state index is 13.0. The minimum atomic E-state index is -3.69. The summed E-state index contributed by atoms with van der Waals surface area (Å²) >= 11 is 0. The number of carbonyl (C=O) groups is 2. The first-order valence-electron chi connectivity index (χ1n) is 9.78. The molecule has 1 aliphatic rings. The quantitative estimate of drug-likeness (QED) is 0.494. The predicted octanol–water partition coefficient (Wildman–Crippen LogP) is 3.22. The predicted molar refractivity (Wildman–Crippen MR) is 111 cm³/mol. The first kappa shape index (κ1) is 22.0. The van der Waals surface area contributed by atoms with Crippen LogP contribution in [-0.2, 0) is 14.8 Å². The van der Waals surface area contributed by atoms with Crippen LogP contribution in [0, 0.1) is 6.92 Å². The lowest BCUT2D eigenvalue weighted by atomic mass is 10.1. The van der Waals surface area contributed by atoms with Crippen molar-refractivity contribution in [2.24, 2.45) is 0 Å². The van der Waals surface area contributed by atoms with Gasteiger partial charge in [-0.05, 0) is 49.6 Å². The van der Waals surface area contributed by atoms with Crippen LogP contribution in [0.1, 0.15) is 45.5 Å². The Morgan fingerprint density at radius 2 is 1.73 bits per heavy atom. The highest BCUT2D eigenvalue weighted by molar-refractivity contribution is 7.89. The van der Waals surface area contributed by atoms with Crippen LogP contribution in [0.4, 0.5) is 0 Å². The fourth-order valence-electron chi connectivity index (χ4n) is 3.42. The van der Waals surface area contributed by atoms with E-state index in [9.17, 15) is 18.0 Å². The Morgan fingerprint density at radius 3 is 2.43 bits per heavy atom. The Kier molecular flexibility index (Phi) is 6.89. The molecule has 0 unspecified atom stereocenters. The lowest BCUT2D eigenvalue weighted by molar-refractivity contribution is 0.0473. The minimum Gasteiger partial charge on any atom is -0.496 e. The van der Waals surface area contributed by atoms with Crippen molar-refractivity contribution >= 4 is 21.8 Å². The Hall–Kier alpha value is -2.71. The summed E-state index contributed by atoms with van der Waals surface area (Å²) in [5.41, 5.74) is 0.955. The van der Waals surface area contributed by atoms with Crippen molar-refractivity contribution in [2.45, 2.75) is 31.1 Å². The van der Waals surface area contributed by atoms with Crippen molar-refractivity contribution < 1.29 is 27.5 Å². The van der Waals surface area contributed by atoms with Crippen LogP contribution in [0.5, 0.6) is 5.75 Å². The number of piperidine rings is 1. The molecule has 0 bridgehead atoms. The molecular formula is C22H25NO6S. The molecule has 160 valence electrons. The molecule has 1 heterocycles. The Bertz CT molecular complexity index is 1040. The van der Waals surface area contributed by atoms with Gasteiger partial charge in [0.25, 0.3) is 0 Å². The van der Waals surface area contributed by atoms with Gasteiger partial charge in [0, 0.05) is 13.1 Å². The SMILES string of the molecule is COc1ccccc1C(=O)COC(=O)c1ccc(C)c(S(=O)(=O)N2CCCCC2)c1. The van der Waals surface area contributed by atoms with Crippen molar-refractivity contribution in [3.63, 3.8) is 0 Å². The van der Waals surface area contributed by atoms with Gasteiger partial charge in [0.15, 0.2) is 6.61 Å². The van der Waals surface area contributed by atoms with Gasteiger partial charge in [-0.25, -0.2) is 13.2 Å². The van der Waals surface area contributed by atoms with Gasteiger partial charge in [0.05, 0.1) is 23.1 Å². The first-order chi connectivity index (χ1) is 14.3. The molecule has 7 nitrogen and oxygen atoms in total. The third kappa shape index (κ3) is 4.71. The lowest BCUT2D eigenvalue weighted by Gasteiger charge is -2.26. The average Bonchev–Trinajstić information content (AvgIpc) is 2.77. The monoisotopic (exact) mass is 431 g/mol. The fourth-order valence-corrected chi connectivity index (χ4v) is 5.18. The summed E-state index contributed by atoms with van der Waals surface area (Å²) in [5.74, 6) is -0.772. The van der Waals surface area contributed by atoms with Gasteiger partial charge in [0.1, 0.15) is 5.75 Å². The van der Waals surface area contributed by atoms with E-state index in [2.05, 4.69) is 0 Å². The maximum Gasteiger partial charge on any atom is 0.338 e. The second-order valence-corrected chi connectivity index (χ2v) is 9.05. The number of hydrogen-bond acceptors (Lipinski definition) is 6. The molecule has 3 rings (SSSR count). The number of rotatable bonds is 7. The second-order valence-electron chi connectivity index (χ2n) is 7.14. The van der Waals surface area contributed by atoms with Crippen LogP contribution in [0.3, 0.4) is 0 Å². The second kappa shape index (κ2) is 9.40. The van der Waals surface area contributed by atoms with Crippen molar-refractivity contribution in [1.82, 2.24) is 4.31 Å². The summed E-state index contributed by atoms with van der Waals surface area (Å²) in [5, 5.41) is 0. The fraction of sp³-hybridized carbons (Fsp3) is 0.364. The molecule has 2 aromatic rings. The molecule has 1 saturated heterocycles. The number of para-hydroxylation sites is 1. The first-order valence-corrected chi connectivity index (χ1v) is 11.2. The Morgan fingerprint density at radius 1 is 1.03 bits per heavy atom. The van der Waals surface area contributed by atoms with Gasteiger partial charge in [-0.15, -0.1) is 0 Å². The van der Waals surface area contributed by atoms with Gasteiger partial charge in [-0.1, -0.05) is 24.6 Å². The molecule has 2 aromatic carbocycles. The van der Waals surface area contributed by atoms with E-state index in [0.717, 1.165) is 19.3 Å². The molecule has 0 saturated carbocycles. The normalized spacial score (nSPS) is 14.9. The Balaban J connectivity index is 1.75. The van der Waals surface area contributed by atoms with Crippen LogP contribution < -0.4 is 4.74 Å². The zero-order valence-electron chi connectivity index (χ0n) is 17.1. The van der Waals surface area contributed by atoms with Crippen LogP contribution >= 0.6 is 0 Å². The number of hydrogen-bond donors (Lipinski definition) is 0. The molecule has 0 aromatic heterocycles. The number of benzene rings is 2. The van der Waals surface area contributed by atoms with Gasteiger partial charge in [0.2, 0.25) is 15.8 Å². The molecular weight excluding hydrogens is 406 g/mol. The van der Waals surface area contributed by atoms with E-state index < -0.39 is 28.4 Å². The number of aryl methyl sites for hydroxylation is 1. The zero-order valence-corrected chi connectivity index (χ0v) is 17.9. The van der Waals surface area contributed by atoms with Crippen molar-refractivity contribution in [2.75, 3.05) is 26.8 Å². The third-order valence-electron chi connectivity index (χ3n) is 5.10. The number of Topliss-reactive ketones (excluding diaryl/α,β-unsaturated/α-hetero) is 1. The van der Waals surface area contributed by atoms with E-state index in [4.69, 9.17) is 9.47 Å². The minimum absolute atomic E-state index is 0.0870. The van der Waals surface area contributed by atoms with Gasteiger partial charge in [-0.2, -0.15) is 4.31 Å². The number of ether oxygens (including phenoxy) is 2. The number of ketones is 1. The summed E-state index contributed by atoms with van der Waals surface area (Å²) in [7, 11) is -2.24. The molecule has 1 fully saturated rings. The zero-order chi connectivity index (χ0) is 21.7. The average molecular weight is 432 g/mol. The van der Waals surface area contributed by atoms with E-state index in [-0.39, 0.29) is 10.5 Å².